The third-order valence-electron chi connectivity index (χ3n) is 5.45. The van der Waals surface area contributed by atoms with Gasteiger partial charge in [-0.1, -0.05) is 36.4 Å². The Morgan fingerprint density at radius 3 is 2.50 bits per heavy atom. The van der Waals surface area contributed by atoms with Crippen molar-refractivity contribution in [2.24, 2.45) is 0 Å². The van der Waals surface area contributed by atoms with Gasteiger partial charge >= 0.3 is 0 Å². The predicted molar refractivity (Wildman–Crippen MR) is 116 cm³/mol. The molecule has 0 unspecified atom stereocenters. The predicted octanol–water partition coefficient (Wildman–Crippen LogP) is 3.67. The van der Waals surface area contributed by atoms with E-state index in [0.29, 0.717) is 5.56 Å². The maximum atomic E-state index is 12.8. The van der Waals surface area contributed by atoms with E-state index in [1.165, 1.54) is 0 Å². The van der Waals surface area contributed by atoms with Gasteiger partial charge in [0, 0.05) is 24.2 Å². The van der Waals surface area contributed by atoms with E-state index in [9.17, 15) is 9.59 Å². The molecule has 0 bridgehead atoms. The standard InChI is InChI=1S/C24H26N4O2/c1-18(24(30)27-15-6-3-7-16-27)26-23(29)20-11-8-12-21(17-20)28-22(13-14-25-28)19-9-4-2-5-10-19/h2,4-5,8-14,17-18H,3,6-7,15-16H2,1H3,(H,26,29)/t18-/m0/s1. The van der Waals surface area contributed by atoms with Gasteiger partial charge in [-0.25, -0.2) is 4.68 Å². The van der Waals surface area contributed by atoms with Crippen LogP contribution in [-0.2, 0) is 4.79 Å². The van der Waals surface area contributed by atoms with Gasteiger partial charge in [-0.3, -0.25) is 9.59 Å². The second-order valence-corrected chi connectivity index (χ2v) is 7.63. The largest absolute Gasteiger partial charge is 0.341 e. The van der Waals surface area contributed by atoms with Crippen LogP contribution in [0.3, 0.4) is 0 Å². The lowest BCUT2D eigenvalue weighted by atomic mass is 10.1. The van der Waals surface area contributed by atoms with Crippen LogP contribution in [0.2, 0.25) is 0 Å². The maximum absolute atomic E-state index is 12.8. The minimum Gasteiger partial charge on any atom is -0.341 e. The first-order valence-electron chi connectivity index (χ1n) is 10.4. The van der Waals surface area contributed by atoms with Crippen molar-refractivity contribution in [3.8, 4) is 16.9 Å². The van der Waals surface area contributed by atoms with Crippen molar-refractivity contribution in [1.82, 2.24) is 20.0 Å². The fourth-order valence-corrected chi connectivity index (χ4v) is 3.85. The Hall–Kier alpha value is -3.41. The summed E-state index contributed by atoms with van der Waals surface area (Å²) in [4.78, 5) is 27.3. The topological polar surface area (TPSA) is 67.2 Å². The van der Waals surface area contributed by atoms with Crippen molar-refractivity contribution in [2.45, 2.75) is 32.2 Å². The van der Waals surface area contributed by atoms with E-state index in [2.05, 4.69) is 10.4 Å². The first-order chi connectivity index (χ1) is 14.6. The zero-order valence-corrected chi connectivity index (χ0v) is 17.1. The molecule has 0 spiro atoms. The Morgan fingerprint density at radius 1 is 0.967 bits per heavy atom. The van der Waals surface area contributed by atoms with Crippen molar-refractivity contribution < 1.29 is 9.59 Å². The van der Waals surface area contributed by atoms with Crippen LogP contribution in [0.15, 0.2) is 66.9 Å². The van der Waals surface area contributed by atoms with Crippen molar-refractivity contribution in [1.29, 1.82) is 0 Å². The Kier molecular flexibility index (Phi) is 5.93. The van der Waals surface area contributed by atoms with Crippen molar-refractivity contribution in [3.63, 3.8) is 0 Å². The molecule has 154 valence electrons. The zero-order chi connectivity index (χ0) is 20.9. The number of hydrogen-bond acceptors (Lipinski definition) is 3. The molecule has 6 nitrogen and oxygen atoms in total. The van der Waals surface area contributed by atoms with Gasteiger partial charge in [0.2, 0.25) is 5.91 Å². The molecule has 0 saturated carbocycles. The minimum atomic E-state index is -0.552. The van der Waals surface area contributed by atoms with E-state index < -0.39 is 6.04 Å². The molecule has 6 heteroatoms. The molecule has 0 radical (unpaired) electrons. The Balaban J connectivity index is 1.51. The Bertz CT molecular complexity index is 1020. The third kappa shape index (κ3) is 4.27. The lowest BCUT2D eigenvalue weighted by Gasteiger charge is -2.29. The average molecular weight is 402 g/mol. The van der Waals surface area contributed by atoms with Crippen LogP contribution in [0.5, 0.6) is 0 Å². The van der Waals surface area contributed by atoms with Gasteiger partial charge in [0.25, 0.3) is 5.91 Å². The lowest BCUT2D eigenvalue weighted by molar-refractivity contribution is -0.133. The molecule has 1 N–H and O–H groups in total. The van der Waals surface area contributed by atoms with Gasteiger partial charge in [-0.2, -0.15) is 5.10 Å². The Labute approximate surface area is 176 Å². The van der Waals surface area contributed by atoms with E-state index in [1.54, 1.807) is 25.3 Å². The normalized spacial score (nSPS) is 14.9. The molecule has 2 aromatic carbocycles. The molecule has 1 aliphatic rings. The van der Waals surface area contributed by atoms with Crippen LogP contribution in [0, 0.1) is 0 Å². The molecule has 2 heterocycles. The fourth-order valence-electron chi connectivity index (χ4n) is 3.85. The zero-order valence-electron chi connectivity index (χ0n) is 17.1. The number of amides is 2. The molecule has 0 aliphatic carbocycles. The highest BCUT2D eigenvalue weighted by Gasteiger charge is 2.24. The van der Waals surface area contributed by atoms with E-state index in [1.807, 2.05) is 58.1 Å². The van der Waals surface area contributed by atoms with Crippen LogP contribution in [0.1, 0.15) is 36.5 Å². The number of benzene rings is 2. The van der Waals surface area contributed by atoms with Crippen LogP contribution in [-0.4, -0.2) is 45.6 Å². The number of likely N-dealkylation sites (tertiary alicyclic amines) is 1. The number of nitrogens with zero attached hydrogens (tertiary/aromatic N) is 3. The summed E-state index contributed by atoms with van der Waals surface area (Å²) in [7, 11) is 0. The monoisotopic (exact) mass is 402 g/mol. The van der Waals surface area contributed by atoms with Gasteiger partial charge in [-0.15, -0.1) is 0 Å². The summed E-state index contributed by atoms with van der Waals surface area (Å²) in [5.41, 5.74) is 3.29. The maximum Gasteiger partial charge on any atom is 0.251 e. The van der Waals surface area contributed by atoms with Crippen LogP contribution >= 0.6 is 0 Å². The van der Waals surface area contributed by atoms with Gasteiger partial charge in [0.15, 0.2) is 0 Å². The third-order valence-corrected chi connectivity index (χ3v) is 5.45. The smallest absolute Gasteiger partial charge is 0.251 e. The summed E-state index contributed by atoms with van der Waals surface area (Å²) in [6, 6.07) is 18.7. The second kappa shape index (κ2) is 8.95. The van der Waals surface area contributed by atoms with Crippen LogP contribution in [0.25, 0.3) is 16.9 Å². The molecule has 30 heavy (non-hydrogen) atoms. The first kappa shape index (κ1) is 19.9. The lowest BCUT2D eigenvalue weighted by Crippen LogP contribution is -2.48. The van der Waals surface area contributed by atoms with Gasteiger partial charge in [0.05, 0.1) is 17.6 Å². The summed E-state index contributed by atoms with van der Waals surface area (Å²) in [5.74, 6) is -0.277. The summed E-state index contributed by atoms with van der Waals surface area (Å²) in [5, 5.41) is 7.29. The summed E-state index contributed by atoms with van der Waals surface area (Å²) < 4.78 is 1.81. The highest BCUT2D eigenvalue weighted by Crippen LogP contribution is 2.22. The number of rotatable bonds is 5. The quantitative estimate of drug-likeness (QED) is 0.708. The Morgan fingerprint density at radius 2 is 1.73 bits per heavy atom. The van der Waals surface area contributed by atoms with Crippen molar-refractivity contribution in [3.05, 3.63) is 72.4 Å². The molecular formula is C24H26N4O2. The molecule has 3 aromatic rings. The van der Waals surface area contributed by atoms with Gasteiger partial charge in [0.1, 0.15) is 6.04 Å². The van der Waals surface area contributed by atoms with Crippen LogP contribution in [0.4, 0.5) is 0 Å². The highest BCUT2D eigenvalue weighted by atomic mass is 16.2. The van der Waals surface area contributed by atoms with E-state index in [4.69, 9.17) is 0 Å². The number of aromatic nitrogens is 2. The first-order valence-corrected chi connectivity index (χ1v) is 10.4. The fraction of sp³-hybridized carbons (Fsp3) is 0.292. The van der Waals surface area contributed by atoms with E-state index in [-0.39, 0.29) is 11.8 Å². The average Bonchev–Trinajstić information content (AvgIpc) is 3.30. The molecule has 4 rings (SSSR count). The minimum absolute atomic E-state index is 0.0161. The van der Waals surface area contributed by atoms with Crippen molar-refractivity contribution in [2.75, 3.05) is 13.1 Å². The second-order valence-electron chi connectivity index (χ2n) is 7.63. The van der Waals surface area contributed by atoms with E-state index >= 15 is 0 Å². The molecular weight excluding hydrogens is 376 g/mol. The number of carbonyl (C=O) groups excluding carboxylic acids is 2. The molecule has 1 atom stereocenters. The van der Waals surface area contributed by atoms with Crippen LogP contribution < -0.4 is 5.32 Å². The number of piperidine rings is 1. The number of nitrogens with one attached hydrogen (secondary N) is 1. The molecule has 1 saturated heterocycles. The SMILES string of the molecule is C[C@H](NC(=O)c1cccc(-n2nccc2-c2ccccc2)c1)C(=O)N1CCCCC1. The summed E-state index contributed by atoms with van der Waals surface area (Å²) in [6.07, 6.45) is 4.97. The van der Waals surface area contributed by atoms with Gasteiger partial charge in [-0.05, 0) is 50.5 Å². The number of carbonyl (C=O) groups is 2. The summed E-state index contributed by atoms with van der Waals surface area (Å²) in [6.45, 7) is 3.30. The van der Waals surface area contributed by atoms with Gasteiger partial charge < -0.3 is 10.2 Å². The van der Waals surface area contributed by atoms with Crippen molar-refractivity contribution >= 4 is 11.8 Å². The summed E-state index contributed by atoms with van der Waals surface area (Å²) >= 11 is 0. The molecule has 1 aliphatic heterocycles. The molecule has 2 amide bonds. The molecule has 1 fully saturated rings. The number of hydrogen-bond donors (Lipinski definition) is 1. The highest BCUT2D eigenvalue weighted by molar-refractivity contribution is 5.97. The van der Waals surface area contributed by atoms with E-state index in [0.717, 1.165) is 49.3 Å². The molecule has 1 aromatic heterocycles.